The number of carbonyl (C=O) groups is 1. The molecule has 2 rings (SSSR count). The fourth-order valence-corrected chi connectivity index (χ4v) is 2.19. The standard InChI is InChI=1S/C17H19NO5/c1-10-5-6-12(13(19)7-10)17(20)18-11-8-14(21-2)16(23-4)15(9-11)22-3/h5-9,19H,1-4H3,(H,18,20). The van der Waals surface area contributed by atoms with E-state index in [4.69, 9.17) is 14.2 Å². The van der Waals surface area contributed by atoms with Crippen LogP contribution in [0.25, 0.3) is 0 Å². The molecule has 2 aromatic carbocycles. The van der Waals surface area contributed by atoms with Gasteiger partial charge in [-0.1, -0.05) is 6.07 Å². The number of hydrogen-bond acceptors (Lipinski definition) is 5. The van der Waals surface area contributed by atoms with Crippen LogP contribution in [0.2, 0.25) is 0 Å². The smallest absolute Gasteiger partial charge is 0.259 e. The van der Waals surface area contributed by atoms with Gasteiger partial charge in [-0.2, -0.15) is 0 Å². The average molecular weight is 317 g/mol. The number of amides is 1. The molecular formula is C17H19NO5. The Morgan fingerprint density at radius 1 is 1.00 bits per heavy atom. The summed E-state index contributed by atoms with van der Waals surface area (Å²) in [5.74, 6) is 0.781. The molecule has 0 aliphatic heterocycles. The summed E-state index contributed by atoms with van der Waals surface area (Å²) in [5, 5.41) is 12.6. The summed E-state index contributed by atoms with van der Waals surface area (Å²) in [4.78, 5) is 12.3. The van der Waals surface area contributed by atoms with Gasteiger partial charge >= 0.3 is 0 Å². The Balaban J connectivity index is 2.34. The Kier molecular flexibility index (Phi) is 4.95. The van der Waals surface area contributed by atoms with Gasteiger partial charge in [0.05, 0.1) is 26.9 Å². The summed E-state index contributed by atoms with van der Waals surface area (Å²) >= 11 is 0. The van der Waals surface area contributed by atoms with Crippen LogP contribution < -0.4 is 19.5 Å². The van der Waals surface area contributed by atoms with Gasteiger partial charge in [-0.15, -0.1) is 0 Å². The Bertz CT molecular complexity index is 702. The molecule has 0 aromatic heterocycles. The molecule has 0 saturated heterocycles. The first kappa shape index (κ1) is 16.5. The van der Waals surface area contributed by atoms with E-state index in [2.05, 4.69) is 5.32 Å². The lowest BCUT2D eigenvalue weighted by molar-refractivity contribution is 0.102. The summed E-state index contributed by atoms with van der Waals surface area (Å²) < 4.78 is 15.7. The van der Waals surface area contributed by atoms with Crippen LogP contribution in [0.4, 0.5) is 5.69 Å². The Labute approximate surface area is 134 Å². The predicted octanol–water partition coefficient (Wildman–Crippen LogP) is 2.98. The van der Waals surface area contributed by atoms with Crippen molar-refractivity contribution < 1.29 is 24.1 Å². The van der Waals surface area contributed by atoms with Gasteiger partial charge in [0.15, 0.2) is 11.5 Å². The van der Waals surface area contributed by atoms with Gasteiger partial charge in [0.1, 0.15) is 5.75 Å². The summed E-state index contributed by atoms with van der Waals surface area (Å²) in [6, 6.07) is 8.08. The van der Waals surface area contributed by atoms with E-state index in [0.29, 0.717) is 22.9 Å². The summed E-state index contributed by atoms with van der Waals surface area (Å²) in [6.07, 6.45) is 0. The molecule has 0 saturated carbocycles. The number of anilines is 1. The van der Waals surface area contributed by atoms with Crippen molar-refractivity contribution >= 4 is 11.6 Å². The Morgan fingerprint density at radius 3 is 2.09 bits per heavy atom. The van der Waals surface area contributed by atoms with E-state index in [9.17, 15) is 9.90 Å². The van der Waals surface area contributed by atoms with Gasteiger partial charge in [-0.05, 0) is 24.6 Å². The number of phenols is 1. The van der Waals surface area contributed by atoms with Gasteiger partial charge in [-0.25, -0.2) is 0 Å². The zero-order chi connectivity index (χ0) is 17.0. The van der Waals surface area contributed by atoms with E-state index in [0.717, 1.165) is 5.56 Å². The third-order valence-corrected chi connectivity index (χ3v) is 3.32. The van der Waals surface area contributed by atoms with Gasteiger partial charge in [0.2, 0.25) is 5.75 Å². The number of ether oxygens (including phenoxy) is 3. The third kappa shape index (κ3) is 3.48. The molecule has 2 aromatic rings. The molecule has 23 heavy (non-hydrogen) atoms. The summed E-state index contributed by atoms with van der Waals surface area (Å²) in [6.45, 7) is 1.83. The maximum absolute atomic E-state index is 12.3. The van der Waals surface area contributed by atoms with Crippen LogP contribution in [-0.4, -0.2) is 32.3 Å². The largest absolute Gasteiger partial charge is 0.507 e. The van der Waals surface area contributed by atoms with Crippen molar-refractivity contribution in [1.29, 1.82) is 0 Å². The average Bonchev–Trinajstić information content (AvgIpc) is 2.53. The van der Waals surface area contributed by atoms with Crippen LogP contribution in [0.5, 0.6) is 23.0 Å². The lowest BCUT2D eigenvalue weighted by atomic mass is 10.1. The maximum atomic E-state index is 12.3. The molecule has 0 atom stereocenters. The van der Waals surface area contributed by atoms with E-state index < -0.39 is 5.91 Å². The second-order valence-electron chi connectivity index (χ2n) is 4.89. The highest BCUT2D eigenvalue weighted by Gasteiger charge is 2.16. The first-order valence-electron chi connectivity index (χ1n) is 6.91. The molecule has 6 nitrogen and oxygen atoms in total. The molecule has 0 unspecified atom stereocenters. The van der Waals surface area contributed by atoms with Gasteiger partial charge < -0.3 is 24.6 Å². The highest BCUT2D eigenvalue weighted by molar-refractivity contribution is 6.06. The highest BCUT2D eigenvalue weighted by Crippen LogP contribution is 2.40. The van der Waals surface area contributed by atoms with Crippen molar-refractivity contribution in [2.24, 2.45) is 0 Å². The fraction of sp³-hybridized carbons (Fsp3) is 0.235. The van der Waals surface area contributed by atoms with Crippen LogP contribution in [0, 0.1) is 6.92 Å². The van der Waals surface area contributed by atoms with Crippen LogP contribution in [0.1, 0.15) is 15.9 Å². The minimum atomic E-state index is -0.434. The topological polar surface area (TPSA) is 77.0 Å². The van der Waals surface area contributed by atoms with Crippen LogP contribution in [0.3, 0.4) is 0 Å². The third-order valence-electron chi connectivity index (χ3n) is 3.32. The zero-order valence-corrected chi connectivity index (χ0v) is 13.5. The molecule has 0 spiro atoms. The van der Waals surface area contributed by atoms with Crippen molar-refractivity contribution in [3.8, 4) is 23.0 Å². The van der Waals surface area contributed by atoms with E-state index in [1.807, 2.05) is 6.92 Å². The predicted molar refractivity (Wildman–Crippen MR) is 86.9 cm³/mol. The van der Waals surface area contributed by atoms with Crippen LogP contribution in [-0.2, 0) is 0 Å². The number of aromatic hydroxyl groups is 1. The van der Waals surface area contributed by atoms with Crippen molar-refractivity contribution in [2.45, 2.75) is 6.92 Å². The molecule has 2 N–H and O–H groups in total. The second kappa shape index (κ2) is 6.91. The number of phenolic OH excluding ortho intramolecular Hbond substituents is 1. The molecule has 0 aliphatic carbocycles. The van der Waals surface area contributed by atoms with Crippen molar-refractivity contribution in [1.82, 2.24) is 0 Å². The molecule has 0 aliphatic rings. The number of methoxy groups -OCH3 is 3. The van der Waals surface area contributed by atoms with Gasteiger partial charge in [0.25, 0.3) is 5.91 Å². The molecule has 1 amide bonds. The van der Waals surface area contributed by atoms with Gasteiger partial charge in [-0.3, -0.25) is 4.79 Å². The second-order valence-corrected chi connectivity index (χ2v) is 4.89. The van der Waals surface area contributed by atoms with Crippen LogP contribution >= 0.6 is 0 Å². The fourth-order valence-electron chi connectivity index (χ4n) is 2.19. The van der Waals surface area contributed by atoms with E-state index in [-0.39, 0.29) is 11.3 Å². The SMILES string of the molecule is COc1cc(NC(=O)c2ccc(C)cc2O)cc(OC)c1OC. The number of aryl methyl sites for hydroxylation is 1. The minimum Gasteiger partial charge on any atom is -0.507 e. The van der Waals surface area contributed by atoms with Crippen molar-refractivity contribution in [2.75, 3.05) is 26.6 Å². The molecule has 122 valence electrons. The molecule has 0 bridgehead atoms. The first-order chi connectivity index (χ1) is 11.0. The molecule has 0 fully saturated rings. The van der Waals surface area contributed by atoms with Crippen molar-refractivity contribution in [3.05, 3.63) is 41.5 Å². The number of nitrogens with one attached hydrogen (secondary N) is 1. The van der Waals surface area contributed by atoms with E-state index in [1.165, 1.54) is 27.4 Å². The summed E-state index contributed by atoms with van der Waals surface area (Å²) in [7, 11) is 4.49. The number of carbonyl (C=O) groups excluding carboxylic acids is 1. The normalized spacial score (nSPS) is 10.1. The summed E-state index contributed by atoms with van der Waals surface area (Å²) in [5.41, 5.74) is 1.51. The quantitative estimate of drug-likeness (QED) is 0.886. The van der Waals surface area contributed by atoms with Crippen molar-refractivity contribution in [3.63, 3.8) is 0 Å². The maximum Gasteiger partial charge on any atom is 0.259 e. The first-order valence-corrected chi connectivity index (χ1v) is 6.91. The zero-order valence-electron chi connectivity index (χ0n) is 13.5. The molecule has 0 radical (unpaired) electrons. The lowest BCUT2D eigenvalue weighted by Crippen LogP contribution is -2.12. The van der Waals surface area contributed by atoms with Gasteiger partial charge in [0, 0.05) is 17.8 Å². The van der Waals surface area contributed by atoms with E-state index >= 15 is 0 Å². The number of benzene rings is 2. The molecule has 6 heteroatoms. The molecular weight excluding hydrogens is 298 g/mol. The number of rotatable bonds is 5. The molecule has 0 heterocycles. The Hall–Kier alpha value is -2.89. The Morgan fingerprint density at radius 2 is 1.61 bits per heavy atom. The highest BCUT2D eigenvalue weighted by atomic mass is 16.5. The monoisotopic (exact) mass is 317 g/mol. The van der Waals surface area contributed by atoms with E-state index in [1.54, 1.807) is 24.3 Å². The lowest BCUT2D eigenvalue weighted by Gasteiger charge is -2.15. The minimum absolute atomic E-state index is 0.0741. The van der Waals surface area contributed by atoms with Crippen LogP contribution in [0.15, 0.2) is 30.3 Å². The number of hydrogen-bond donors (Lipinski definition) is 2.